The lowest BCUT2D eigenvalue weighted by atomic mass is 9.86. The largest absolute Gasteiger partial charge is 0.439 e. The Morgan fingerprint density at radius 1 is 1.14 bits per heavy atom. The van der Waals surface area contributed by atoms with Crippen LogP contribution in [0, 0.1) is 6.92 Å². The van der Waals surface area contributed by atoms with Crippen LogP contribution in [-0.2, 0) is 11.8 Å². The summed E-state index contributed by atoms with van der Waals surface area (Å²) in [4.78, 5) is 8.48. The van der Waals surface area contributed by atoms with E-state index >= 15 is 0 Å². The van der Waals surface area contributed by atoms with Crippen LogP contribution in [0.4, 0.5) is 0 Å². The van der Waals surface area contributed by atoms with E-state index in [1.807, 2.05) is 19.9 Å². The minimum absolute atomic E-state index is 0.122. The van der Waals surface area contributed by atoms with Gasteiger partial charge in [-0.05, 0) is 29.5 Å². The van der Waals surface area contributed by atoms with Crippen molar-refractivity contribution in [3.05, 3.63) is 46.4 Å². The highest BCUT2D eigenvalue weighted by Gasteiger charge is 2.15. The summed E-state index contributed by atoms with van der Waals surface area (Å²) >= 11 is 5.99. The number of hydrogen-bond acceptors (Lipinski definition) is 3. The number of nitrogens with zero attached hydrogens (tertiary/aromatic N) is 2. The zero-order chi connectivity index (χ0) is 15.6. The first-order valence-electron chi connectivity index (χ1n) is 7.12. The number of rotatable bonds is 3. The number of halogens is 1. The Morgan fingerprint density at radius 3 is 2.43 bits per heavy atom. The molecule has 1 aromatic heterocycles. The molecule has 0 N–H and O–H groups in total. The van der Waals surface area contributed by atoms with Crippen molar-refractivity contribution < 1.29 is 4.74 Å². The van der Waals surface area contributed by atoms with Gasteiger partial charge in [0.25, 0.3) is 0 Å². The molecule has 0 saturated carbocycles. The highest BCUT2D eigenvalue weighted by atomic mass is 35.5. The molecule has 0 bridgehead atoms. The molecule has 21 heavy (non-hydrogen) atoms. The lowest BCUT2D eigenvalue weighted by Gasteiger charge is -2.20. The second kappa shape index (κ2) is 6.02. The average molecular weight is 305 g/mol. The van der Waals surface area contributed by atoms with E-state index in [0.717, 1.165) is 17.7 Å². The number of aromatic nitrogens is 2. The van der Waals surface area contributed by atoms with Gasteiger partial charge >= 0.3 is 0 Å². The summed E-state index contributed by atoms with van der Waals surface area (Å²) in [5, 5.41) is 0.404. The third-order valence-corrected chi connectivity index (χ3v) is 3.48. The van der Waals surface area contributed by atoms with Crippen molar-refractivity contribution in [1.29, 1.82) is 0 Å². The first-order chi connectivity index (χ1) is 9.79. The van der Waals surface area contributed by atoms with E-state index < -0.39 is 0 Å². The molecule has 0 aliphatic rings. The minimum Gasteiger partial charge on any atom is -0.439 e. The van der Waals surface area contributed by atoms with E-state index in [2.05, 4.69) is 42.9 Å². The Kier molecular flexibility index (Phi) is 4.52. The maximum Gasteiger partial charge on any atom is 0.224 e. The van der Waals surface area contributed by atoms with Crippen LogP contribution >= 0.6 is 11.6 Å². The molecule has 4 heteroatoms. The van der Waals surface area contributed by atoms with E-state index in [1.165, 1.54) is 5.56 Å². The van der Waals surface area contributed by atoms with E-state index in [0.29, 0.717) is 16.9 Å². The molecule has 3 nitrogen and oxygen atoms in total. The summed E-state index contributed by atoms with van der Waals surface area (Å²) in [6.07, 6.45) is 0.721. The van der Waals surface area contributed by atoms with E-state index in [9.17, 15) is 0 Å². The highest BCUT2D eigenvalue weighted by molar-refractivity contribution is 6.29. The van der Waals surface area contributed by atoms with Crippen molar-refractivity contribution in [1.82, 2.24) is 9.97 Å². The molecule has 2 aromatic rings. The first-order valence-corrected chi connectivity index (χ1v) is 7.50. The van der Waals surface area contributed by atoms with Gasteiger partial charge in [-0.1, -0.05) is 51.4 Å². The molecule has 0 saturated heterocycles. The Labute approximate surface area is 131 Å². The van der Waals surface area contributed by atoms with Crippen molar-refractivity contribution in [2.75, 3.05) is 0 Å². The number of ether oxygens (including phenoxy) is 1. The summed E-state index contributed by atoms with van der Waals surface area (Å²) in [6.45, 7) is 10.6. The predicted octanol–water partition coefficient (Wildman–Crippen LogP) is 5.09. The molecule has 0 atom stereocenters. The van der Waals surface area contributed by atoms with Gasteiger partial charge in [0.1, 0.15) is 16.7 Å². The van der Waals surface area contributed by atoms with Crippen LogP contribution in [0.1, 0.15) is 44.6 Å². The molecule has 0 unspecified atom stereocenters. The fourth-order valence-corrected chi connectivity index (χ4v) is 2.19. The lowest BCUT2D eigenvalue weighted by molar-refractivity contribution is 0.454. The molecule has 0 amide bonds. The van der Waals surface area contributed by atoms with Crippen LogP contribution in [0.25, 0.3) is 0 Å². The molecule has 112 valence electrons. The third-order valence-electron chi connectivity index (χ3n) is 3.29. The van der Waals surface area contributed by atoms with Crippen LogP contribution in [0.5, 0.6) is 11.6 Å². The van der Waals surface area contributed by atoms with Crippen LogP contribution in [-0.4, -0.2) is 9.97 Å². The maximum atomic E-state index is 5.99. The zero-order valence-corrected chi connectivity index (χ0v) is 14.0. The molecular weight excluding hydrogens is 284 g/mol. The molecule has 0 radical (unpaired) electrons. The molecule has 0 aliphatic carbocycles. The quantitative estimate of drug-likeness (QED) is 0.741. The van der Waals surface area contributed by atoms with E-state index in [4.69, 9.17) is 16.3 Å². The van der Waals surface area contributed by atoms with Gasteiger partial charge in [0.15, 0.2) is 0 Å². The second-order valence-corrected chi connectivity index (χ2v) is 6.52. The van der Waals surface area contributed by atoms with Crippen LogP contribution in [0.15, 0.2) is 24.3 Å². The number of aryl methyl sites for hydroxylation is 2. The van der Waals surface area contributed by atoms with Crippen molar-refractivity contribution in [2.24, 2.45) is 0 Å². The Hall–Kier alpha value is -1.61. The summed E-state index contributed by atoms with van der Waals surface area (Å²) in [7, 11) is 0. The van der Waals surface area contributed by atoms with Gasteiger partial charge in [0, 0.05) is 12.5 Å². The molecule has 0 aliphatic heterocycles. The Balaban J connectivity index is 2.30. The molecular formula is C17H21ClN2O. The van der Waals surface area contributed by atoms with E-state index in [1.54, 1.807) is 6.07 Å². The standard InChI is InChI=1S/C17H21ClN2O/c1-6-15-19-14(18)10-16(20-15)21-13-8-7-12(9-11(13)2)17(3,4)5/h7-10H,6H2,1-5H3. The molecule has 1 heterocycles. The van der Waals surface area contributed by atoms with Gasteiger partial charge in [-0.25, -0.2) is 4.98 Å². The Morgan fingerprint density at radius 2 is 1.86 bits per heavy atom. The van der Waals surface area contributed by atoms with E-state index in [-0.39, 0.29) is 5.41 Å². The van der Waals surface area contributed by atoms with Crippen molar-refractivity contribution in [3.8, 4) is 11.6 Å². The third kappa shape index (κ3) is 3.94. The SMILES string of the molecule is CCc1nc(Cl)cc(Oc2ccc(C(C)(C)C)cc2C)n1. The lowest BCUT2D eigenvalue weighted by Crippen LogP contribution is -2.11. The second-order valence-electron chi connectivity index (χ2n) is 6.13. The number of benzene rings is 1. The predicted molar refractivity (Wildman–Crippen MR) is 86.4 cm³/mol. The van der Waals surface area contributed by atoms with Crippen molar-refractivity contribution in [2.45, 2.75) is 46.5 Å². The topological polar surface area (TPSA) is 35.0 Å². The van der Waals surface area contributed by atoms with Gasteiger partial charge in [-0.15, -0.1) is 0 Å². The molecule has 1 aromatic carbocycles. The van der Waals surface area contributed by atoms with Gasteiger partial charge in [0.2, 0.25) is 5.88 Å². The average Bonchev–Trinajstić information content (AvgIpc) is 2.39. The highest BCUT2D eigenvalue weighted by Crippen LogP contribution is 2.30. The zero-order valence-electron chi connectivity index (χ0n) is 13.2. The van der Waals surface area contributed by atoms with Crippen molar-refractivity contribution >= 4 is 11.6 Å². The maximum absolute atomic E-state index is 5.99. The van der Waals surface area contributed by atoms with Crippen molar-refractivity contribution in [3.63, 3.8) is 0 Å². The fourth-order valence-electron chi connectivity index (χ4n) is 2.00. The van der Waals surface area contributed by atoms with Crippen LogP contribution in [0.2, 0.25) is 5.15 Å². The molecule has 2 rings (SSSR count). The monoisotopic (exact) mass is 304 g/mol. The van der Waals surface area contributed by atoms with Gasteiger partial charge < -0.3 is 4.74 Å². The van der Waals surface area contributed by atoms with Crippen LogP contribution < -0.4 is 4.74 Å². The minimum atomic E-state index is 0.122. The Bertz CT molecular complexity index is 648. The summed E-state index contributed by atoms with van der Waals surface area (Å²) < 4.78 is 5.86. The summed E-state index contributed by atoms with van der Waals surface area (Å²) in [6, 6.07) is 7.86. The normalized spacial score (nSPS) is 11.5. The molecule has 0 spiro atoms. The van der Waals surface area contributed by atoms with Gasteiger partial charge in [-0.2, -0.15) is 4.98 Å². The fraction of sp³-hybridized carbons (Fsp3) is 0.412. The summed E-state index contributed by atoms with van der Waals surface area (Å²) in [5.74, 6) is 1.96. The van der Waals surface area contributed by atoms with Gasteiger partial charge in [0.05, 0.1) is 0 Å². The summed E-state index contributed by atoms with van der Waals surface area (Å²) in [5.41, 5.74) is 2.48. The number of hydrogen-bond donors (Lipinski definition) is 0. The van der Waals surface area contributed by atoms with Gasteiger partial charge in [-0.3, -0.25) is 0 Å². The van der Waals surface area contributed by atoms with Crippen LogP contribution in [0.3, 0.4) is 0 Å². The molecule has 0 fully saturated rings. The first kappa shape index (κ1) is 15.8. The smallest absolute Gasteiger partial charge is 0.224 e.